The van der Waals surface area contributed by atoms with Crippen LogP contribution in [0.5, 0.6) is 0 Å². The molecule has 2 aromatic carbocycles. The molecule has 0 atom stereocenters. The SMILES string of the molecule is c1ccc(-c2nc(-c3nnc(-c4ccccc4)s3)c(N3CCOCC3)o2)cc1. The zero-order chi connectivity index (χ0) is 18.8. The summed E-state index contributed by atoms with van der Waals surface area (Å²) in [5.41, 5.74) is 2.72. The molecule has 2 aromatic heterocycles. The summed E-state index contributed by atoms with van der Waals surface area (Å²) in [6.45, 7) is 2.87. The lowest BCUT2D eigenvalue weighted by Gasteiger charge is -2.26. The van der Waals surface area contributed by atoms with Gasteiger partial charge in [-0.1, -0.05) is 59.9 Å². The van der Waals surface area contributed by atoms with Gasteiger partial charge in [0.15, 0.2) is 10.7 Å². The smallest absolute Gasteiger partial charge is 0.229 e. The quantitative estimate of drug-likeness (QED) is 0.516. The van der Waals surface area contributed by atoms with Crippen molar-refractivity contribution in [2.75, 3.05) is 31.2 Å². The zero-order valence-electron chi connectivity index (χ0n) is 15.1. The fourth-order valence-corrected chi connectivity index (χ4v) is 3.98. The summed E-state index contributed by atoms with van der Waals surface area (Å²) in [7, 11) is 0. The molecule has 1 aliphatic heterocycles. The van der Waals surface area contributed by atoms with E-state index in [0.29, 0.717) is 19.1 Å². The maximum atomic E-state index is 6.21. The summed E-state index contributed by atoms with van der Waals surface area (Å²) in [4.78, 5) is 6.96. The highest BCUT2D eigenvalue weighted by atomic mass is 32.1. The van der Waals surface area contributed by atoms with Crippen LogP contribution in [0.3, 0.4) is 0 Å². The van der Waals surface area contributed by atoms with Crippen LogP contribution in [0.2, 0.25) is 0 Å². The van der Waals surface area contributed by atoms with Gasteiger partial charge in [-0.15, -0.1) is 10.2 Å². The van der Waals surface area contributed by atoms with Crippen LogP contribution in [0, 0.1) is 0 Å². The Bertz CT molecular complexity index is 1060. The van der Waals surface area contributed by atoms with Gasteiger partial charge < -0.3 is 14.1 Å². The third-order valence-corrected chi connectivity index (χ3v) is 5.56. The van der Waals surface area contributed by atoms with Crippen molar-refractivity contribution < 1.29 is 9.15 Å². The van der Waals surface area contributed by atoms with Crippen molar-refractivity contribution in [2.45, 2.75) is 0 Å². The predicted octanol–water partition coefficient (Wildman–Crippen LogP) is 4.36. The van der Waals surface area contributed by atoms with E-state index in [-0.39, 0.29) is 0 Å². The van der Waals surface area contributed by atoms with Crippen molar-refractivity contribution in [3.8, 4) is 32.7 Å². The number of hydrogen-bond acceptors (Lipinski definition) is 7. The van der Waals surface area contributed by atoms with Crippen LogP contribution < -0.4 is 4.90 Å². The fourth-order valence-electron chi connectivity index (χ4n) is 3.15. The van der Waals surface area contributed by atoms with Gasteiger partial charge >= 0.3 is 0 Å². The van der Waals surface area contributed by atoms with Crippen molar-refractivity contribution in [1.29, 1.82) is 0 Å². The van der Waals surface area contributed by atoms with E-state index in [9.17, 15) is 0 Å². The fraction of sp³-hybridized carbons (Fsp3) is 0.190. The number of ether oxygens (including phenoxy) is 1. The number of morpholine rings is 1. The van der Waals surface area contributed by atoms with E-state index in [1.807, 2.05) is 60.7 Å². The van der Waals surface area contributed by atoms with Crippen molar-refractivity contribution in [1.82, 2.24) is 15.2 Å². The highest BCUT2D eigenvalue weighted by molar-refractivity contribution is 7.17. The topological polar surface area (TPSA) is 64.3 Å². The normalized spacial score (nSPS) is 14.4. The number of oxazole rings is 1. The first-order chi connectivity index (χ1) is 13.9. The molecule has 0 amide bonds. The second-order valence-electron chi connectivity index (χ2n) is 6.42. The summed E-state index contributed by atoms with van der Waals surface area (Å²) in [6.07, 6.45) is 0. The average Bonchev–Trinajstić information content (AvgIpc) is 3.43. The second kappa shape index (κ2) is 7.53. The minimum absolute atomic E-state index is 0.591. The number of rotatable bonds is 4. The van der Waals surface area contributed by atoms with Gasteiger partial charge in [0.2, 0.25) is 11.8 Å². The molecule has 0 bridgehead atoms. The second-order valence-corrected chi connectivity index (χ2v) is 7.39. The number of hydrogen-bond donors (Lipinski definition) is 0. The van der Waals surface area contributed by atoms with Crippen molar-refractivity contribution >= 4 is 17.2 Å². The lowest BCUT2D eigenvalue weighted by atomic mass is 10.2. The molecule has 4 aromatic rings. The van der Waals surface area contributed by atoms with Gasteiger partial charge in [-0.25, -0.2) is 4.98 Å². The number of nitrogens with zero attached hydrogens (tertiary/aromatic N) is 4. The van der Waals surface area contributed by atoms with Crippen LogP contribution in [0.1, 0.15) is 0 Å². The lowest BCUT2D eigenvalue weighted by molar-refractivity contribution is 0.121. The Kier molecular flexibility index (Phi) is 4.60. The zero-order valence-corrected chi connectivity index (χ0v) is 15.9. The Hall–Kier alpha value is -3.03. The maximum absolute atomic E-state index is 6.21. The standard InChI is InChI=1S/C21H18N4O2S/c1-3-7-15(8-4-1)18-22-17(21(27-18)25-11-13-26-14-12-25)20-24-23-19(28-20)16-9-5-2-6-10-16/h1-10H,11-14H2. The Labute approximate surface area is 166 Å². The predicted molar refractivity (Wildman–Crippen MR) is 109 cm³/mol. The number of anilines is 1. The van der Waals surface area contributed by atoms with Gasteiger partial charge in [0.1, 0.15) is 5.01 Å². The van der Waals surface area contributed by atoms with E-state index in [0.717, 1.165) is 45.8 Å². The van der Waals surface area contributed by atoms with Crippen LogP contribution in [0.25, 0.3) is 32.7 Å². The molecule has 6 nitrogen and oxygen atoms in total. The third-order valence-electron chi connectivity index (χ3n) is 4.58. The van der Waals surface area contributed by atoms with Crippen LogP contribution >= 0.6 is 11.3 Å². The minimum Gasteiger partial charge on any atom is -0.420 e. The van der Waals surface area contributed by atoms with E-state index < -0.39 is 0 Å². The summed E-state index contributed by atoms with van der Waals surface area (Å²) in [5, 5.41) is 10.4. The molecular formula is C21H18N4O2S. The first kappa shape index (κ1) is 17.1. The van der Waals surface area contributed by atoms with Gasteiger partial charge in [0, 0.05) is 24.2 Å². The molecule has 5 rings (SSSR count). The van der Waals surface area contributed by atoms with Gasteiger partial charge in [-0.2, -0.15) is 0 Å². The molecule has 0 spiro atoms. The van der Waals surface area contributed by atoms with Crippen molar-refractivity contribution in [3.63, 3.8) is 0 Å². The molecule has 28 heavy (non-hydrogen) atoms. The molecule has 1 fully saturated rings. The molecule has 0 N–H and O–H groups in total. The van der Waals surface area contributed by atoms with E-state index in [2.05, 4.69) is 15.1 Å². The minimum atomic E-state index is 0.591. The van der Waals surface area contributed by atoms with E-state index in [1.54, 1.807) is 0 Å². The molecule has 3 heterocycles. The van der Waals surface area contributed by atoms with Gasteiger partial charge in [-0.3, -0.25) is 0 Å². The van der Waals surface area contributed by atoms with Gasteiger partial charge in [0.25, 0.3) is 0 Å². The molecule has 140 valence electrons. The maximum Gasteiger partial charge on any atom is 0.229 e. The largest absolute Gasteiger partial charge is 0.420 e. The summed E-state index contributed by atoms with van der Waals surface area (Å²) in [6, 6.07) is 20.0. The molecule has 0 saturated carbocycles. The first-order valence-electron chi connectivity index (χ1n) is 9.17. The molecule has 1 aliphatic rings. The Morgan fingerprint density at radius 3 is 2.14 bits per heavy atom. The van der Waals surface area contributed by atoms with Crippen LogP contribution in [-0.4, -0.2) is 41.5 Å². The lowest BCUT2D eigenvalue weighted by Crippen LogP contribution is -2.36. The molecule has 0 radical (unpaired) electrons. The molecule has 0 aliphatic carbocycles. The summed E-state index contributed by atoms with van der Waals surface area (Å²) < 4.78 is 11.7. The Morgan fingerprint density at radius 2 is 1.43 bits per heavy atom. The van der Waals surface area contributed by atoms with Crippen molar-refractivity contribution in [2.24, 2.45) is 0 Å². The third kappa shape index (κ3) is 3.30. The highest BCUT2D eigenvalue weighted by Crippen LogP contribution is 2.38. The number of aromatic nitrogens is 3. The number of benzene rings is 2. The van der Waals surface area contributed by atoms with Crippen LogP contribution in [0.15, 0.2) is 65.1 Å². The van der Waals surface area contributed by atoms with E-state index >= 15 is 0 Å². The van der Waals surface area contributed by atoms with Crippen LogP contribution in [-0.2, 0) is 4.74 Å². The Morgan fingerprint density at radius 1 is 0.786 bits per heavy atom. The summed E-state index contributed by atoms with van der Waals surface area (Å²) in [5.74, 6) is 1.33. The Balaban J connectivity index is 1.57. The van der Waals surface area contributed by atoms with E-state index in [1.165, 1.54) is 11.3 Å². The molecule has 0 unspecified atom stereocenters. The summed E-state index contributed by atoms with van der Waals surface area (Å²) >= 11 is 1.52. The van der Waals surface area contributed by atoms with Gasteiger partial charge in [0.05, 0.1) is 13.2 Å². The van der Waals surface area contributed by atoms with E-state index in [4.69, 9.17) is 14.1 Å². The first-order valence-corrected chi connectivity index (χ1v) is 9.98. The molecule has 1 saturated heterocycles. The van der Waals surface area contributed by atoms with Crippen molar-refractivity contribution in [3.05, 3.63) is 60.7 Å². The monoisotopic (exact) mass is 390 g/mol. The molecular weight excluding hydrogens is 372 g/mol. The average molecular weight is 390 g/mol. The van der Waals surface area contributed by atoms with Crippen LogP contribution in [0.4, 0.5) is 5.88 Å². The molecule has 7 heteroatoms. The highest BCUT2D eigenvalue weighted by Gasteiger charge is 2.25. The van der Waals surface area contributed by atoms with Gasteiger partial charge in [-0.05, 0) is 12.1 Å².